The standard InChI is InChI=1S/C23H16F3N5O2/c24-23(25,26)18-7-3-1-5-15(18)13-27-31-20(32)14-9-11-16(12-10-14)28-22-29-19-8-4-2-6-17(19)21(33)30-22/h1-13H,(H,31,32)(H2,28,29,30,33)/b27-13-. The number of alkyl halides is 3. The molecular formula is C23H16F3N5O2. The quantitative estimate of drug-likeness (QED) is 0.308. The number of nitrogens with one attached hydrogen (secondary N) is 3. The number of para-hydroxylation sites is 1. The van der Waals surface area contributed by atoms with Gasteiger partial charge in [-0.3, -0.25) is 14.6 Å². The number of halogens is 3. The van der Waals surface area contributed by atoms with E-state index in [2.05, 4.69) is 25.8 Å². The number of nitrogens with zero attached hydrogens (tertiary/aromatic N) is 2. The molecule has 4 rings (SSSR count). The third-order valence-corrected chi connectivity index (χ3v) is 4.66. The zero-order valence-electron chi connectivity index (χ0n) is 16.9. The van der Waals surface area contributed by atoms with Crippen LogP contribution in [-0.2, 0) is 6.18 Å². The van der Waals surface area contributed by atoms with E-state index in [0.717, 1.165) is 12.3 Å². The molecule has 10 heteroatoms. The number of carbonyl (C=O) groups is 1. The van der Waals surface area contributed by atoms with Gasteiger partial charge in [0.15, 0.2) is 0 Å². The summed E-state index contributed by atoms with van der Waals surface area (Å²) in [5, 5.41) is 7.05. The van der Waals surface area contributed by atoms with E-state index < -0.39 is 17.6 Å². The van der Waals surface area contributed by atoms with Crippen LogP contribution >= 0.6 is 0 Å². The van der Waals surface area contributed by atoms with Gasteiger partial charge in [-0.2, -0.15) is 18.3 Å². The van der Waals surface area contributed by atoms with Gasteiger partial charge < -0.3 is 5.32 Å². The van der Waals surface area contributed by atoms with Crippen molar-refractivity contribution >= 4 is 34.7 Å². The van der Waals surface area contributed by atoms with E-state index in [1.807, 2.05) is 0 Å². The molecule has 4 aromatic rings. The van der Waals surface area contributed by atoms with Gasteiger partial charge in [0.1, 0.15) is 0 Å². The lowest BCUT2D eigenvalue weighted by atomic mass is 10.1. The Labute approximate surface area is 185 Å². The highest BCUT2D eigenvalue weighted by molar-refractivity contribution is 5.95. The Bertz CT molecular complexity index is 1400. The molecule has 0 spiro atoms. The van der Waals surface area contributed by atoms with Crippen molar-refractivity contribution in [3.05, 3.63) is 99.8 Å². The molecule has 0 bridgehead atoms. The van der Waals surface area contributed by atoms with Gasteiger partial charge in [0.2, 0.25) is 5.95 Å². The van der Waals surface area contributed by atoms with Gasteiger partial charge in [0, 0.05) is 16.8 Å². The van der Waals surface area contributed by atoms with Crippen molar-refractivity contribution in [1.82, 2.24) is 15.4 Å². The molecule has 0 unspecified atom stereocenters. The molecular weight excluding hydrogens is 435 g/mol. The summed E-state index contributed by atoms with van der Waals surface area (Å²) < 4.78 is 39.0. The number of carbonyl (C=O) groups excluding carboxylic acids is 1. The molecule has 0 aliphatic heterocycles. The second kappa shape index (κ2) is 8.95. The minimum Gasteiger partial charge on any atom is -0.326 e. The molecule has 3 aromatic carbocycles. The number of fused-ring (bicyclic) bond motifs is 1. The highest BCUT2D eigenvalue weighted by Gasteiger charge is 2.32. The molecule has 0 saturated carbocycles. The van der Waals surface area contributed by atoms with Crippen LogP contribution in [0.1, 0.15) is 21.5 Å². The van der Waals surface area contributed by atoms with Crippen LogP contribution < -0.4 is 16.3 Å². The highest BCUT2D eigenvalue weighted by atomic mass is 19.4. The summed E-state index contributed by atoms with van der Waals surface area (Å²) in [6.07, 6.45) is -3.59. The van der Waals surface area contributed by atoms with E-state index >= 15 is 0 Å². The highest BCUT2D eigenvalue weighted by Crippen LogP contribution is 2.31. The van der Waals surface area contributed by atoms with Gasteiger partial charge in [0.05, 0.1) is 22.7 Å². The Hall–Kier alpha value is -4.47. The maximum atomic E-state index is 13.0. The molecule has 0 aliphatic rings. The minimum absolute atomic E-state index is 0.165. The first-order valence-electron chi connectivity index (χ1n) is 9.67. The summed E-state index contributed by atoms with van der Waals surface area (Å²) in [4.78, 5) is 31.4. The summed E-state index contributed by atoms with van der Waals surface area (Å²) in [6.45, 7) is 0. The molecule has 0 radical (unpaired) electrons. The Morgan fingerprint density at radius 3 is 2.42 bits per heavy atom. The SMILES string of the molecule is O=C(N/N=C\c1ccccc1C(F)(F)F)c1ccc(Nc2nc3ccccc3c(=O)[nH]2)cc1. The molecule has 7 nitrogen and oxygen atoms in total. The van der Waals surface area contributed by atoms with Gasteiger partial charge in [-0.15, -0.1) is 0 Å². The van der Waals surface area contributed by atoms with E-state index in [0.29, 0.717) is 16.6 Å². The summed E-state index contributed by atoms with van der Waals surface area (Å²) in [5.41, 5.74) is 2.24. The van der Waals surface area contributed by atoms with Crippen molar-refractivity contribution in [3.63, 3.8) is 0 Å². The largest absolute Gasteiger partial charge is 0.417 e. The zero-order valence-corrected chi connectivity index (χ0v) is 16.9. The predicted molar refractivity (Wildman–Crippen MR) is 119 cm³/mol. The number of H-pyrrole nitrogens is 1. The smallest absolute Gasteiger partial charge is 0.326 e. The number of benzene rings is 3. The van der Waals surface area contributed by atoms with Gasteiger partial charge in [0.25, 0.3) is 11.5 Å². The Kier molecular flexibility index (Phi) is 5.90. The van der Waals surface area contributed by atoms with Gasteiger partial charge >= 0.3 is 6.18 Å². The van der Waals surface area contributed by atoms with Crippen LogP contribution in [0, 0.1) is 0 Å². The second-order valence-corrected chi connectivity index (χ2v) is 6.92. The third kappa shape index (κ3) is 5.06. The fraction of sp³-hybridized carbons (Fsp3) is 0.0435. The van der Waals surface area contributed by atoms with E-state index in [1.54, 1.807) is 36.4 Å². The number of aromatic amines is 1. The lowest BCUT2D eigenvalue weighted by molar-refractivity contribution is -0.137. The number of amides is 1. The number of hydrazone groups is 1. The number of rotatable bonds is 5. The minimum atomic E-state index is -4.53. The van der Waals surface area contributed by atoms with Crippen molar-refractivity contribution in [2.75, 3.05) is 5.32 Å². The third-order valence-electron chi connectivity index (χ3n) is 4.66. The monoisotopic (exact) mass is 451 g/mol. The first kappa shape index (κ1) is 21.8. The molecule has 0 aliphatic carbocycles. The van der Waals surface area contributed by atoms with Crippen LogP contribution in [0.3, 0.4) is 0 Å². The molecule has 1 heterocycles. The second-order valence-electron chi connectivity index (χ2n) is 6.92. The normalized spacial score (nSPS) is 11.6. The Morgan fingerprint density at radius 1 is 0.970 bits per heavy atom. The zero-order chi connectivity index (χ0) is 23.4. The van der Waals surface area contributed by atoms with Crippen molar-refractivity contribution in [1.29, 1.82) is 0 Å². The van der Waals surface area contributed by atoms with Crippen LogP contribution in [0.2, 0.25) is 0 Å². The number of aromatic nitrogens is 2. The van der Waals surface area contributed by atoms with Crippen LogP contribution in [0.15, 0.2) is 82.7 Å². The first-order valence-corrected chi connectivity index (χ1v) is 9.67. The average Bonchev–Trinajstić information content (AvgIpc) is 2.79. The lowest BCUT2D eigenvalue weighted by Gasteiger charge is -2.09. The first-order chi connectivity index (χ1) is 15.8. The molecule has 166 valence electrons. The van der Waals surface area contributed by atoms with Crippen molar-refractivity contribution in [2.45, 2.75) is 6.18 Å². The average molecular weight is 451 g/mol. The van der Waals surface area contributed by atoms with Crippen molar-refractivity contribution < 1.29 is 18.0 Å². The summed E-state index contributed by atoms with van der Waals surface area (Å²) in [6, 6.07) is 18.0. The summed E-state index contributed by atoms with van der Waals surface area (Å²) in [7, 11) is 0. The Morgan fingerprint density at radius 2 is 1.67 bits per heavy atom. The Balaban J connectivity index is 1.43. The van der Waals surface area contributed by atoms with Gasteiger partial charge in [-0.1, -0.05) is 30.3 Å². The molecule has 0 fully saturated rings. The van der Waals surface area contributed by atoms with E-state index in [1.165, 1.54) is 30.3 Å². The fourth-order valence-corrected chi connectivity index (χ4v) is 3.08. The maximum absolute atomic E-state index is 13.0. The molecule has 3 N–H and O–H groups in total. The fourth-order valence-electron chi connectivity index (χ4n) is 3.08. The summed E-state index contributed by atoms with van der Waals surface area (Å²) in [5.74, 6) is -0.358. The van der Waals surface area contributed by atoms with Crippen LogP contribution in [0.5, 0.6) is 0 Å². The summed E-state index contributed by atoms with van der Waals surface area (Å²) >= 11 is 0. The van der Waals surface area contributed by atoms with Gasteiger partial charge in [-0.05, 0) is 42.5 Å². The van der Waals surface area contributed by atoms with E-state index in [9.17, 15) is 22.8 Å². The van der Waals surface area contributed by atoms with Crippen LogP contribution in [0.25, 0.3) is 10.9 Å². The molecule has 1 aromatic heterocycles. The topological polar surface area (TPSA) is 99.2 Å². The number of hydrogen-bond donors (Lipinski definition) is 3. The maximum Gasteiger partial charge on any atom is 0.417 e. The number of hydrogen-bond acceptors (Lipinski definition) is 5. The molecule has 1 amide bonds. The van der Waals surface area contributed by atoms with E-state index in [-0.39, 0.29) is 22.6 Å². The predicted octanol–water partition coefficient (Wildman–Crippen LogP) is 4.45. The van der Waals surface area contributed by atoms with Crippen molar-refractivity contribution in [3.8, 4) is 0 Å². The molecule has 0 atom stereocenters. The van der Waals surface area contributed by atoms with Crippen LogP contribution in [0.4, 0.5) is 24.8 Å². The van der Waals surface area contributed by atoms with Crippen molar-refractivity contribution in [2.24, 2.45) is 5.10 Å². The lowest BCUT2D eigenvalue weighted by Crippen LogP contribution is -2.18. The van der Waals surface area contributed by atoms with Gasteiger partial charge in [-0.25, -0.2) is 10.4 Å². The molecule has 0 saturated heterocycles. The van der Waals surface area contributed by atoms with Crippen LogP contribution in [-0.4, -0.2) is 22.1 Å². The number of anilines is 2. The molecule has 33 heavy (non-hydrogen) atoms. The van der Waals surface area contributed by atoms with E-state index in [4.69, 9.17) is 0 Å².